The quantitative estimate of drug-likeness (QED) is 0.476. The highest BCUT2D eigenvalue weighted by molar-refractivity contribution is 6.32. The van der Waals surface area contributed by atoms with Gasteiger partial charge in [-0.15, -0.1) is 0 Å². The van der Waals surface area contributed by atoms with Gasteiger partial charge >= 0.3 is 5.69 Å². The molecule has 0 saturated heterocycles. The predicted molar refractivity (Wildman–Crippen MR) is 60.6 cm³/mol. The number of hydrogen-bond donors (Lipinski definition) is 0. The van der Waals surface area contributed by atoms with Crippen molar-refractivity contribution in [1.82, 2.24) is 19.7 Å². The summed E-state index contributed by atoms with van der Waals surface area (Å²) in [6, 6.07) is 0. The Morgan fingerprint density at radius 2 is 2.12 bits per heavy atom. The van der Waals surface area contributed by atoms with Crippen LogP contribution in [0.15, 0.2) is 12.5 Å². The highest BCUT2D eigenvalue weighted by atomic mass is 35.5. The van der Waals surface area contributed by atoms with Crippen molar-refractivity contribution >= 4 is 28.9 Å². The third kappa shape index (κ3) is 2.06. The van der Waals surface area contributed by atoms with Crippen LogP contribution in [0.1, 0.15) is 5.69 Å². The normalized spacial score (nSPS) is 10.5. The summed E-state index contributed by atoms with van der Waals surface area (Å²) in [5.41, 5.74) is 0.129. The molecule has 0 aliphatic carbocycles. The molecule has 0 saturated carbocycles. The number of hydrogen-bond acceptors (Lipinski definition) is 5. The lowest BCUT2D eigenvalue weighted by Gasteiger charge is -2.01. The van der Waals surface area contributed by atoms with Gasteiger partial charge < -0.3 is 0 Å². The van der Waals surface area contributed by atoms with Gasteiger partial charge in [0.2, 0.25) is 11.0 Å². The third-order valence-corrected chi connectivity index (χ3v) is 2.64. The van der Waals surface area contributed by atoms with Crippen LogP contribution in [0.4, 0.5) is 5.69 Å². The number of aromatic nitrogens is 4. The number of nitro groups is 1. The molecule has 17 heavy (non-hydrogen) atoms. The van der Waals surface area contributed by atoms with E-state index in [4.69, 9.17) is 23.2 Å². The smallest absolute Gasteiger partial charge is 0.258 e. The molecule has 0 unspecified atom stereocenters. The molecule has 88 valence electrons. The van der Waals surface area contributed by atoms with Crippen molar-refractivity contribution in [2.75, 3.05) is 0 Å². The van der Waals surface area contributed by atoms with Gasteiger partial charge in [0.1, 0.15) is 6.33 Å². The molecule has 0 N–H and O–H groups in total. The monoisotopic (exact) mass is 273 g/mol. The summed E-state index contributed by atoms with van der Waals surface area (Å²) < 4.78 is 1.20. The number of halogens is 2. The van der Waals surface area contributed by atoms with Crippen molar-refractivity contribution in [2.45, 2.75) is 6.92 Å². The molecular formula is C8H5Cl2N5O2. The molecule has 0 spiro atoms. The van der Waals surface area contributed by atoms with Crippen molar-refractivity contribution in [3.8, 4) is 5.82 Å². The summed E-state index contributed by atoms with van der Waals surface area (Å²) in [6.07, 6.45) is 2.54. The highest BCUT2D eigenvalue weighted by Crippen LogP contribution is 2.27. The first kappa shape index (κ1) is 11.7. The first-order chi connectivity index (χ1) is 8.00. The lowest BCUT2D eigenvalue weighted by atomic mass is 10.5. The van der Waals surface area contributed by atoms with E-state index in [-0.39, 0.29) is 11.0 Å². The van der Waals surface area contributed by atoms with Gasteiger partial charge in [0.15, 0.2) is 0 Å². The van der Waals surface area contributed by atoms with Crippen LogP contribution in [-0.4, -0.2) is 24.7 Å². The Bertz CT molecular complexity index is 578. The van der Waals surface area contributed by atoms with Crippen LogP contribution in [-0.2, 0) is 0 Å². The molecule has 9 heteroatoms. The van der Waals surface area contributed by atoms with Gasteiger partial charge in [-0.2, -0.15) is 5.10 Å². The van der Waals surface area contributed by atoms with Crippen molar-refractivity contribution in [2.24, 2.45) is 0 Å². The van der Waals surface area contributed by atoms with Crippen molar-refractivity contribution < 1.29 is 4.92 Å². The van der Waals surface area contributed by atoms with Crippen molar-refractivity contribution in [3.05, 3.63) is 38.5 Å². The molecule has 0 fully saturated rings. The Kier molecular flexibility index (Phi) is 2.95. The fourth-order valence-corrected chi connectivity index (χ4v) is 1.55. The van der Waals surface area contributed by atoms with E-state index in [0.29, 0.717) is 10.7 Å². The topological polar surface area (TPSA) is 86.7 Å². The maximum absolute atomic E-state index is 10.9. The Labute approximate surface area is 105 Å². The standard InChI is InChI=1S/C8H5Cl2N5O2/c1-4-5(9)2-14(13-4)8-6(15(16)17)7(10)11-3-12-8/h2-3H,1H3. The molecule has 0 atom stereocenters. The second-order valence-electron chi connectivity index (χ2n) is 3.10. The third-order valence-electron chi connectivity index (χ3n) is 2.00. The summed E-state index contributed by atoms with van der Waals surface area (Å²) in [5, 5.41) is 15.0. The number of aryl methyl sites for hydroxylation is 1. The summed E-state index contributed by atoms with van der Waals surface area (Å²) in [4.78, 5) is 17.6. The Morgan fingerprint density at radius 1 is 1.41 bits per heavy atom. The van der Waals surface area contributed by atoms with Crippen LogP contribution in [0.5, 0.6) is 0 Å². The molecule has 7 nitrogen and oxygen atoms in total. The van der Waals surface area contributed by atoms with Gasteiger partial charge in [-0.1, -0.05) is 23.2 Å². The van der Waals surface area contributed by atoms with E-state index in [9.17, 15) is 10.1 Å². The first-order valence-electron chi connectivity index (χ1n) is 4.37. The minimum atomic E-state index is -0.664. The van der Waals surface area contributed by atoms with Gasteiger partial charge in [0.25, 0.3) is 0 Å². The average molecular weight is 274 g/mol. The predicted octanol–water partition coefficient (Wildman–Crippen LogP) is 2.19. The molecule has 2 aromatic rings. The maximum atomic E-state index is 10.9. The fourth-order valence-electron chi connectivity index (χ4n) is 1.22. The van der Waals surface area contributed by atoms with E-state index in [0.717, 1.165) is 6.33 Å². The van der Waals surface area contributed by atoms with Crippen LogP contribution in [0, 0.1) is 17.0 Å². The SMILES string of the molecule is Cc1nn(-c2ncnc(Cl)c2[N+](=O)[O-])cc1Cl. The minimum Gasteiger partial charge on any atom is -0.258 e. The molecule has 2 heterocycles. The van der Waals surface area contributed by atoms with E-state index in [2.05, 4.69) is 15.1 Å². The zero-order valence-electron chi connectivity index (χ0n) is 8.46. The molecule has 0 radical (unpaired) electrons. The van der Waals surface area contributed by atoms with Crippen LogP contribution >= 0.6 is 23.2 Å². The molecule has 0 aliphatic rings. The molecule has 0 aliphatic heterocycles. The van der Waals surface area contributed by atoms with Crippen molar-refractivity contribution in [3.63, 3.8) is 0 Å². The summed E-state index contributed by atoms with van der Waals surface area (Å²) >= 11 is 11.5. The van der Waals surface area contributed by atoms with E-state index < -0.39 is 10.6 Å². The van der Waals surface area contributed by atoms with Gasteiger partial charge in [-0.05, 0) is 6.92 Å². The molecule has 2 rings (SSSR count). The first-order valence-corrected chi connectivity index (χ1v) is 5.13. The van der Waals surface area contributed by atoms with Crippen LogP contribution in [0.3, 0.4) is 0 Å². The molecule has 0 amide bonds. The van der Waals surface area contributed by atoms with Gasteiger partial charge in [0, 0.05) is 0 Å². The molecule has 0 bridgehead atoms. The van der Waals surface area contributed by atoms with E-state index in [1.807, 2.05) is 0 Å². The lowest BCUT2D eigenvalue weighted by Crippen LogP contribution is -2.05. The summed E-state index contributed by atoms with van der Waals surface area (Å²) in [5.74, 6) is -0.0231. The zero-order valence-corrected chi connectivity index (χ0v) is 9.98. The minimum absolute atomic E-state index is 0.0231. The molecule has 2 aromatic heterocycles. The average Bonchev–Trinajstić information content (AvgIpc) is 2.58. The Balaban J connectivity index is 2.67. The Morgan fingerprint density at radius 3 is 2.65 bits per heavy atom. The van der Waals surface area contributed by atoms with Gasteiger partial charge in [-0.3, -0.25) is 10.1 Å². The summed E-state index contributed by atoms with van der Waals surface area (Å²) in [6.45, 7) is 1.67. The fraction of sp³-hybridized carbons (Fsp3) is 0.125. The second kappa shape index (κ2) is 4.27. The van der Waals surface area contributed by atoms with E-state index >= 15 is 0 Å². The second-order valence-corrected chi connectivity index (χ2v) is 3.87. The lowest BCUT2D eigenvalue weighted by molar-refractivity contribution is -0.385. The van der Waals surface area contributed by atoms with E-state index in [1.54, 1.807) is 6.92 Å². The van der Waals surface area contributed by atoms with Crippen LogP contribution < -0.4 is 0 Å². The highest BCUT2D eigenvalue weighted by Gasteiger charge is 2.23. The summed E-state index contributed by atoms with van der Waals surface area (Å²) in [7, 11) is 0. The van der Waals surface area contributed by atoms with Gasteiger partial charge in [0.05, 0.1) is 21.8 Å². The zero-order chi connectivity index (χ0) is 12.6. The van der Waals surface area contributed by atoms with E-state index in [1.165, 1.54) is 10.9 Å². The number of nitrogens with zero attached hydrogens (tertiary/aromatic N) is 5. The van der Waals surface area contributed by atoms with Crippen LogP contribution in [0.25, 0.3) is 5.82 Å². The van der Waals surface area contributed by atoms with Crippen molar-refractivity contribution in [1.29, 1.82) is 0 Å². The Hall–Kier alpha value is -1.73. The maximum Gasteiger partial charge on any atom is 0.350 e. The van der Waals surface area contributed by atoms with Crippen LogP contribution in [0.2, 0.25) is 10.2 Å². The molecule has 0 aromatic carbocycles. The number of rotatable bonds is 2. The molecular weight excluding hydrogens is 269 g/mol. The van der Waals surface area contributed by atoms with Gasteiger partial charge in [-0.25, -0.2) is 14.6 Å². The largest absolute Gasteiger partial charge is 0.350 e.